The van der Waals surface area contributed by atoms with Crippen LogP contribution in [0.2, 0.25) is 0 Å². The van der Waals surface area contributed by atoms with Crippen molar-refractivity contribution < 1.29 is 4.79 Å². The molecule has 3 rings (SSSR count). The molecule has 160 valence electrons. The molecule has 0 saturated carbocycles. The molecule has 2 fully saturated rings. The highest BCUT2D eigenvalue weighted by Crippen LogP contribution is 2.24. The summed E-state index contributed by atoms with van der Waals surface area (Å²) in [6.45, 7) is 7.19. The van der Waals surface area contributed by atoms with E-state index < -0.39 is 0 Å². The Balaban J connectivity index is 0.00000196. The number of carbonyl (C=O) groups excluding carboxylic acids is 1. The van der Waals surface area contributed by atoms with E-state index in [0.29, 0.717) is 24.8 Å². The number of hydrogen-bond donors (Lipinski definition) is 2. The Bertz CT molecular complexity index is 556. The number of halogens is 2. The molecular weight excluding hydrogens is 395 g/mol. The van der Waals surface area contributed by atoms with E-state index in [1.807, 2.05) is 6.20 Å². The van der Waals surface area contributed by atoms with Crippen LogP contribution in [-0.4, -0.2) is 37.1 Å². The molecule has 1 unspecified atom stereocenters. The zero-order chi connectivity index (χ0) is 18.2. The summed E-state index contributed by atoms with van der Waals surface area (Å²) in [6.07, 6.45) is 10.1. The Kier molecular flexibility index (Phi) is 11.8. The summed E-state index contributed by atoms with van der Waals surface area (Å²) in [4.78, 5) is 19.3. The van der Waals surface area contributed by atoms with Crippen molar-refractivity contribution in [2.45, 2.75) is 58.4 Å². The van der Waals surface area contributed by atoms with Crippen molar-refractivity contribution in [3.8, 4) is 0 Å². The fraction of sp³-hybridized carbons (Fsp3) is 0.714. The molecule has 7 heteroatoms. The molecule has 0 bridgehead atoms. The molecule has 0 aliphatic carbocycles. The van der Waals surface area contributed by atoms with Gasteiger partial charge in [-0.2, -0.15) is 0 Å². The lowest BCUT2D eigenvalue weighted by Gasteiger charge is -2.27. The zero-order valence-corrected chi connectivity index (χ0v) is 18.6. The lowest BCUT2D eigenvalue weighted by Crippen LogP contribution is -2.33. The third-order valence-electron chi connectivity index (χ3n) is 5.92. The Morgan fingerprint density at radius 2 is 1.86 bits per heavy atom. The van der Waals surface area contributed by atoms with Gasteiger partial charge in [0.1, 0.15) is 5.82 Å². The van der Waals surface area contributed by atoms with Crippen LogP contribution in [0.3, 0.4) is 0 Å². The van der Waals surface area contributed by atoms with Gasteiger partial charge >= 0.3 is 0 Å². The Labute approximate surface area is 182 Å². The first kappa shape index (κ1) is 25.0. The molecule has 28 heavy (non-hydrogen) atoms. The summed E-state index contributed by atoms with van der Waals surface area (Å²) in [5.74, 6) is 2.37. The van der Waals surface area contributed by atoms with E-state index >= 15 is 0 Å². The number of pyridine rings is 1. The van der Waals surface area contributed by atoms with E-state index in [1.165, 1.54) is 38.5 Å². The van der Waals surface area contributed by atoms with Crippen LogP contribution in [0.5, 0.6) is 0 Å². The first-order chi connectivity index (χ1) is 12.7. The van der Waals surface area contributed by atoms with Crippen LogP contribution < -0.4 is 15.5 Å². The number of piperidine rings is 1. The van der Waals surface area contributed by atoms with Crippen LogP contribution in [0.4, 0.5) is 5.82 Å². The van der Waals surface area contributed by atoms with Crippen molar-refractivity contribution in [1.82, 2.24) is 15.6 Å². The topological polar surface area (TPSA) is 57.3 Å². The van der Waals surface area contributed by atoms with Gasteiger partial charge < -0.3 is 15.5 Å². The lowest BCUT2D eigenvalue weighted by atomic mass is 9.84. The minimum absolute atomic E-state index is 0. The highest BCUT2D eigenvalue weighted by molar-refractivity contribution is 5.85. The minimum atomic E-state index is 0. The standard InChI is InChI=1S/C21H34N4O.2ClH/c1-17(19-8-10-22-11-9-19)14-21(26)24-16-18-6-7-20(23-15-18)25-12-4-2-3-5-13-25;;/h6-7,15,17,19,22H,2-5,8-14,16H2,1H3,(H,24,26);2*1H. The van der Waals surface area contributed by atoms with E-state index in [-0.39, 0.29) is 30.7 Å². The van der Waals surface area contributed by atoms with Crippen molar-refractivity contribution in [3.05, 3.63) is 23.9 Å². The van der Waals surface area contributed by atoms with Crippen LogP contribution in [0.1, 0.15) is 57.4 Å². The summed E-state index contributed by atoms with van der Waals surface area (Å²) in [7, 11) is 0. The number of aromatic nitrogens is 1. The average Bonchev–Trinajstić information content (AvgIpc) is 2.97. The predicted octanol–water partition coefficient (Wildman–Crippen LogP) is 3.95. The summed E-state index contributed by atoms with van der Waals surface area (Å²) in [6, 6.07) is 4.20. The monoisotopic (exact) mass is 430 g/mol. The largest absolute Gasteiger partial charge is 0.357 e. The molecule has 0 aromatic carbocycles. The number of amides is 1. The van der Waals surface area contributed by atoms with E-state index in [2.05, 4.69) is 39.6 Å². The molecular formula is C21H36Cl2N4O. The van der Waals surface area contributed by atoms with Crippen molar-refractivity contribution >= 4 is 36.5 Å². The van der Waals surface area contributed by atoms with Gasteiger partial charge in [-0.25, -0.2) is 4.98 Å². The predicted molar refractivity (Wildman–Crippen MR) is 121 cm³/mol. The molecule has 2 aliphatic heterocycles. The van der Waals surface area contributed by atoms with E-state index in [9.17, 15) is 4.79 Å². The smallest absolute Gasteiger partial charge is 0.220 e. The highest BCUT2D eigenvalue weighted by atomic mass is 35.5. The average molecular weight is 431 g/mol. The van der Waals surface area contributed by atoms with Gasteiger partial charge in [-0.1, -0.05) is 25.8 Å². The van der Waals surface area contributed by atoms with Crippen molar-refractivity contribution in [3.63, 3.8) is 0 Å². The number of nitrogens with one attached hydrogen (secondary N) is 2. The molecule has 0 spiro atoms. The van der Waals surface area contributed by atoms with Gasteiger partial charge in [0.15, 0.2) is 0 Å². The summed E-state index contributed by atoms with van der Waals surface area (Å²) in [5.41, 5.74) is 1.08. The van der Waals surface area contributed by atoms with Crippen molar-refractivity contribution in [1.29, 1.82) is 0 Å². The molecule has 1 atom stereocenters. The fourth-order valence-electron chi connectivity index (χ4n) is 4.15. The number of nitrogens with zero attached hydrogens (tertiary/aromatic N) is 2. The Morgan fingerprint density at radius 1 is 1.18 bits per heavy atom. The molecule has 1 amide bonds. The quantitative estimate of drug-likeness (QED) is 0.716. The Hall–Kier alpha value is -1.04. The maximum absolute atomic E-state index is 12.3. The molecule has 1 aromatic heterocycles. The lowest BCUT2D eigenvalue weighted by molar-refractivity contribution is -0.122. The Morgan fingerprint density at radius 3 is 2.46 bits per heavy atom. The molecule has 3 heterocycles. The van der Waals surface area contributed by atoms with E-state index in [4.69, 9.17) is 0 Å². The summed E-state index contributed by atoms with van der Waals surface area (Å²) in [5, 5.41) is 6.46. The van der Waals surface area contributed by atoms with Crippen LogP contribution in [0.25, 0.3) is 0 Å². The third kappa shape index (κ3) is 7.76. The van der Waals surface area contributed by atoms with Crippen molar-refractivity contribution in [2.24, 2.45) is 11.8 Å². The minimum Gasteiger partial charge on any atom is -0.357 e. The second-order valence-electron chi connectivity index (χ2n) is 7.97. The maximum atomic E-state index is 12.3. The molecule has 0 radical (unpaired) electrons. The molecule has 2 saturated heterocycles. The number of anilines is 1. The molecule has 5 nitrogen and oxygen atoms in total. The molecule has 1 aromatic rings. The van der Waals surface area contributed by atoms with E-state index in [1.54, 1.807) is 0 Å². The normalized spacial score (nSPS) is 19.0. The van der Waals surface area contributed by atoms with Gasteiger partial charge in [0, 0.05) is 32.3 Å². The summed E-state index contributed by atoms with van der Waals surface area (Å²) >= 11 is 0. The van der Waals surface area contributed by atoms with Crippen molar-refractivity contribution in [2.75, 3.05) is 31.1 Å². The first-order valence-corrected chi connectivity index (χ1v) is 10.4. The van der Waals surface area contributed by atoms with Crippen LogP contribution >= 0.6 is 24.8 Å². The van der Waals surface area contributed by atoms with Gasteiger partial charge in [-0.05, 0) is 62.2 Å². The number of hydrogen-bond acceptors (Lipinski definition) is 4. The number of rotatable bonds is 6. The van der Waals surface area contributed by atoms with Gasteiger partial charge in [-0.3, -0.25) is 4.79 Å². The molecule has 2 aliphatic rings. The maximum Gasteiger partial charge on any atom is 0.220 e. The summed E-state index contributed by atoms with van der Waals surface area (Å²) < 4.78 is 0. The fourth-order valence-corrected chi connectivity index (χ4v) is 4.15. The van der Waals surface area contributed by atoms with Crippen LogP contribution in [0.15, 0.2) is 18.3 Å². The highest BCUT2D eigenvalue weighted by Gasteiger charge is 2.21. The van der Waals surface area contributed by atoms with Crippen LogP contribution in [-0.2, 0) is 11.3 Å². The first-order valence-electron chi connectivity index (χ1n) is 10.4. The van der Waals surface area contributed by atoms with Gasteiger partial charge in [-0.15, -0.1) is 24.8 Å². The second kappa shape index (κ2) is 13.2. The van der Waals surface area contributed by atoms with E-state index in [0.717, 1.165) is 37.6 Å². The second-order valence-corrected chi connectivity index (χ2v) is 7.97. The van der Waals surface area contributed by atoms with Gasteiger partial charge in [0.2, 0.25) is 5.91 Å². The van der Waals surface area contributed by atoms with Gasteiger partial charge in [0.05, 0.1) is 0 Å². The number of carbonyl (C=O) groups is 1. The molecule has 2 N–H and O–H groups in total. The third-order valence-corrected chi connectivity index (χ3v) is 5.92. The SMILES string of the molecule is CC(CC(=O)NCc1ccc(N2CCCCCC2)nc1)C1CCNCC1.Cl.Cl. The zero-order valence-electron chi connectivity index (χ0n) is 17.0. The van der Waals surface area contributed by atoms with Gasteiger partial charge in [0.25, 0.3) is 0 Å². The van der Waals surface area contributed by atoms with Crippen LogP contribution in [0, 0.1) is 11.8 Å².